The van der Waals surface area contributed by atoms with Crippen molar-refractivity contribution in [3.05, 3.63) is 45.8 Å². The van der Waals surface area contributed by atoms with Crippen LogP contribution >= 0.6 is 11.3 Å². The summed E-state index contributed by atoms with van der Waals surface area (Å²) >= 11 is 1.53. The Morgan fingerprint density at radius 2 is 1.90 bits per heavy atom. The fraction of sp³-hybridized carbons (Fsp3) is 0.500. The molecule has 1 aliphatic rings. The first-order valence-electron chi connectivity index (χ1n) is 10.5. The summed E-state index contributed by atoms with van der Waals surface area (Å²) in [6.45, 7) is 8.90. The van der Waals surface area contributed by atoms with Crippen LogP contribution in [0.15, 0.2) is 24.3 Å². The molecule has 0 spiro atoms. The fourth-order valence-corrected chi connectivity index (χ4v) is 5.26. The molecular formula is C24H31NO4S. The Hall–Kier alpha value is -2.34. The highest BCUT2D eigenvalue weighted by molar-refractivity contribution is 7.17. The number of carbonyl (C=O) groups excluding carboxylic acids is 2. The van der Waals surface area contributed by atoms with Gasteiger partial charge in [-0.25, -0.2) is 4.79 Å². The van der Waals surface area contributed by atoms with E-state index in [-0.39, 0.29) is 23.7 Å². The quantitative estimate of drug-likeness (QED) is 0.636. The Balaban J connectivity index is 1.83. The second-order valence-corrected chi connectivity index (χ2v) is 9.91. The third-order valence-corrected chi connectivity index (χ3v) is 6.92. The van der Waals surface area contributed by atoms with Gasteiger partial charge in [0.1, 0.15) is 10.8 Å². The molecule has 30 heavy (non-hydrogen) atoms. The van der Waals surface area contributed by atoms with Crippen LogP contribution in [0.2, 0.25) is 0 Å². The summed E-state index contributed by atoms with van der Waals surface area (Å²) in [5, 5.41) is 3.60. The minimum atomic E-state index is -0.344. The predicted octanol–water partition coefficient (Wildman–Crippen LogP) is 5.27. The van der Waals surface area contributed by atoms with Crippen LogP contribution in [0.4, 0.5) is 5.00 Å². The van der Waals surface area contributed by atoms with Crippen LogP contribution in [0, 0.1) is 11.3 Å². The van der Waals surface area contributed by atoms with Gasteiger partial charge in [0, 0.05) is 4.88 Å². The van der Waals surface area contributed by atoms with Gasteiger partial charge in [-0.05, 0) is 60.8 Å². The lowest BCUT2D eigenvalue weighted by Gasteiger charge is -2.33. The molecule has 0 fully saturated rings. The van der Waals surface area contributed by atoms with E-state index in [0.717, 1.165) is 36.1 Å². The Kier molecular flexibility index (Phi) is 6.86. The van der Waals surface area contributed by atoms with Gasteiger partial charge in [-0.2, -0.15) is 0 Å². The first-order chi connectivity index (χ1) is 14.2. The van der Waals surface area contributed by atoms with Crippen molar-refractivity contribution in [3.8, 4) is 5.75 Å². The van der Waals surface area contributed by atoms with Crippen LogP contribution in [0.5, 0.6) is 5.75 Å². The number of benzene rings is 1. The van der Waals surface area contributed by atoms with E-state index in [4.69, 9.17) is 9.47 Å². The molecule has 5 nitrogen and oxygen atoms in total. The molecule has 1 amide bonds. The number of carbonyl (C=O) groups is 2. The Bertz CT molecular complexity index is 909. The number of thiophene rings is 1. The van der Waals surface area contributed by atoms with Gasteiger partial charge >= 0.3 is 5.97 Å². The fourth-order valence-electron chi connectivity index (χ4n) is 3.93. The molecule has 1 unspecified atom stereocenters. The molecule has 1 N–H and O–H groups in total. The van der Waals surface area contributed by atoms with Gasteiger partial charge in [0.15, 0.2) is 0 Å². The van der Waals surface area contributed by atoms with Crippen molar-refractivity contribution in [1.29, 1.82) is 0 Å². The number of rotatable bonds is 6. The summed E-state index contributed by atoms with van der Waals surface area (Å²) in [6.07, 6.45) is 3.05. The zero-order valence-corrected chi connectivity index (χ0v) is 19.3. The Morgan fingerprint density at radius 3 is 2.50 bits per heavy atom. The first kappa shape index (κ1) is 22.3. The topological polar surface area (TPSA) is 64.6 Å². The van der Waals surface area contributed by atoms with Crippen molar-refractivity contribution in [1.82, 2.24) is 0 Å². The van der Waals surface area contributed by atoms with E-state index in [1.165, 1.54) is 16.2 Å². The third kappa shape index (κ3) is 5.04. The second kappa shape index (κ2) is 9.21. The van der Waals surface area contributed by atoms with Gasteiger partial charge in [0.05, 0.1) is 25.7 Å². The highest BCUT2D eigenvalue weighted by Crippen LogP contribution is 2.44. The number of hydrogen-bond acceptors (Lipinski definition) is 5. The lowest BCUT2D eigenvalue weighted by Crippen LogP contribution is -2.26. The number of nitrogens with one attached hydrogen (secondary N) is 1. The molecule has 1 heterocycles. The molecule has 0 radical (unpaired) electrons. The highest BCUT2D eigenvalue weighted by atomic mass is 32.1. The summed E-state index contributed by atoms with van der Waals surface area (Å²) in [6, 6.07) is 7.42. The summed E-state index contributed by atoms with van der Waals surface area (Å²) in [5.41, 5.74) is 2.70. The standard InChI is InChI=1S/C24H31NO4S/c1-6-29-23(27)21-18-12-9-16(24(2,3)4)14-19(18)30-22(21)25-20(26)13-15-7-10-17(28-5)11-8-15/h7-8,10-11,16H,6,9,12-14H2,1-5H3,(H,25,26). The third-order valence-electron chi connectivity index (χ3n) is 5.75. The summed E-state index contributed by atoms with van der Waals surface area (Å²) in [7, 11) is 1.61. The van der Waals surface area contributed by atoms with E-state index in [2.05, 4.69) is 26.1 Å². The van der Waals surface area contributed by atoms with Gasteiger partial charge < -0.3 is 14.8 Å². The maximum absolute atomic E-state index is 12.7. The minimum absolute atomic E-state index is 0.142. The van der Waals surface area contributed by atoms with Gasteiger partial charge in [-0.15, -0.1) is 11.3 Å². The molecule has 2 aromatic rings. The first-order valence-corrected chi connectivity index (χ1v) is 11.3. The van der Waals surface area contributed by atoms with Crippen LogP contribution < -0.4 is 10.1 Å². The van der Waals surface area contributed by atoms with Crippen LogP contribution in [0.1, 0.15) is 60.5 Å². The maximum Gasteiger partial charge on any atom is 0.341 e. The molecular weight excluding hydrogens is 398 g/mol. The molecule has 0 saturated heterocycles. The van der Waals surface area contributed by atoms with Crippen molar-refractivity contribution in [2.24, 2.45) is 11.3 Å². The average molecular weight is 430 g/mol. The molecule has 0 bridgehead atoms. The van der Waals surface area contributed by atoms with E-state index < -0.39 is 0 Å². The SMILES string of the molecule is CCOC(=O)c1c(NC(=O)Cc2ccc(OC)cc2)sc2c1CCC(C(C)(C)C)C2. The molecule has 162 valence electrons. The second-order valence-electron chi connectivity index (χ2n) is 8.81. The van der Waals surface area contributed by atoms with Crippen LogP contribution in [-0.2, 0) is 28.8 Å². The lowest BCUT2D eigenvalue weighted by molar-refractivity contribution is -0.115. The van der Waals surface area contributed by atoms with E-state index in [0.29, 0.717) is 23.1 Å². The molecule has 6 heteroatoms. The monoisotopic (exact) mass is 429 g/mol. The molecule has 0 saturated carbocycles. The molecule has 1 aliphatic carbocycles. The van der Waals surface area contributed by atoms with E-state index in [1.54, 1.807) is 14.0 Å². The van der Waals surface area contributed by atoms with Crippen molar-refractivity contribution in [3.63, 3.8) is 0 Å². The maximum atomic E-state index is 12.7. The van der Waals surface area contributed by atoms with E-state index in [9.17, 15) is 9.59 Å². The Morgan fingerprint density at radius 1 is 1.20 bits per heavy atom. The molecule has 1 atom stereocenters. The molecule has 3 rings (SSSR count). The minimum Gasteiger partial charge on any atom is -0.497 e. The molecule has 0 aliphatic heterocycles. The van der Waals surface area contributed by atoms with Crippen LogP contribution in [-0.4, -0.2) is 25.6 Å². The normalized spacial score (nSPS) is 16.0. The van der Waals surface area contributed by atoms with Gasteiger partial charge in [0.25, 0.3) is 0 Å². The van der Waals surface area contributed by atoms with Crippen molar-refractivity contribution >= 4 is 28.2 Å². The van der Waals surface area contributed by atoms with Crippen molar-refractivity contribution < 1.29 is 19.1 Å². The number of hydrogen-bond donors (Lipinski definition) is 1. The Labute approximate surface area is 182 Å². The van der Waals surface area contributed by atoms with Gasteiger partial charge in [-0.3, -0.25) is 4.79 Å². The summed E-state index contributed by atoms with van der Waals surface area (Å²) < 4.78 is 10.5. The number of methoxy groups -OCH3 is 1. The largest absolute Gasteiger partial charge is 0.497 e. The summed E-state index contributed by atoms with van der Waals surface area (Å²) in [5.74, 6) is 0.824. The van der Waals surface area contributed by atoms with E-state index in [1.807, 2.05) is 24.3 Å². The number of anilines is 1. The van der Waals surface area contributed by atoms with E-state index >= 15 is 0 Å². The average Bonchev–Trinajstić information content (AvgIpc) is 3.04. The number of esters is 1. The van der Waals surface area contributed by atoms with Crippen LogP contribution in [0.3, 0.4) is 0 Å². The lowest BCUT2D eigenvalue weighted by atomic mass is 9.72. The molecule has 1 aromatic carbocycles. The number of ether oxygens (including phenoxy) is 2. The number of amides is 1. The van der Waals surface area contributed by atoms with Crippen LogP contribution in [0.25, 0.3) is 0 Å². The van der Waals surface area contributed by atoms with Crippen molar-refractivity contribution in [2.75, 3.05) is 19.0 Å². The van der Waals surface area contributed by atoms with Gasteiger partial charge in [-0.1, -0.05) is 32.9 Å². The highest BCUT2D eigenvalue weighted by Gasteiger charge is 2.34. The predicted molar refractivity (Wildman–Crippen MR) is 121 cm³/mol. The molecule has 1 aromatic heterocycles. The number of fused-ring (bicyclic) bond motifs is 1. The van der Waals surface area contributed by atoms with Crippen molar-refractivity contribution in [2.45, 2.75) is 53.4 Å². The summed E-state index contributed by atoms with van der Waals surface area (Å²) in [4.78, 5) is 26.6. The van der Waals surface area contributed by atoms with Gasteiger partial charge in [0.2, 0.25) is 5.91 Å². The zero-order chi connectivity index (χ0) is 21.9. The zero-order valence-electron chi connectivity index (χ0n) is 18.5. The smallest absolute Gasteiger partial charge is 0.341 e.